The van der Waals surface area contributed by atoms with Gasteiger partial charge in [0.05, 0.1) is 22.9 Å². The van der Waals surface area contributed by atoms with E-state index in [0.29, 0.717) is 17.1 Å². The Morgan fingerprint density at radius 2 is 1.91 bits per heavy atom. The Hall–Kier alpha value is -3.81. The quantitative estimate of drug-likeness (QED) is 0.538. The first kappa shape index (κ1) is 23.8. The zero-order chi connectivity index (χ0) is 24.6. The fourth-order valence-corrected chi connectivity index (χ4v) is 3.25. The van der Waals surface area contributed by atoms with Crippen LogP contribution in [-0.2, 0) is 18.3 Å². The molecule has 3 rings (SSSR count). The normalized spacial score (nSPS) is 11.8. The number of fused-ring (bicyclic) bond motifs is 1. The van der Waals surface area contributed by atoms with E-state index in [0.717, 1.165) is 12.1 Å². The number of hydrogen-bond acceptors (Lipinski definition) is 5. The molecule has 0 atom stereocenters. The van der Waals surface area contributed by atoms with E-state index in [2.05, 4.69) is 21.1 Å². The van der Waals surface area contributed by atoms with Gasteiger partial charge in [-0.25, -0.2) is 14.2 Å². The molecule has 0 aliphatic rings. The van der Waals surface area contributed by atoms with E-state index in [-0.39, 0.29) is 28.8 Å². The summed E-state index contributed by atoms with van der Waals surface area (Å²) in [5, 5.41) is 12.3. The lowest BCUT2D eigenvalue weighted by molar-refractivity contribution is -0.274. The summed E-state index contributed by atoms with van der Waals surface area (Å²) in [6, 6.07) is 6.28. The lowest BCUT2D eigenvalue weighted by atomic mass is 9.96. The fourth-order valence-electron chi connectivity index (χ4n) is 3.25. The number of carbonyl (C=O) groups excluding carboxylic acids is 1. The molecule has 0 spiro atoms. The lowest BCUT2D eigenvalue weighted by Crippen LogP contribution is -2.32. The number of alkyl carbamates (subject to hydrolysis) is 1. The third-order valence-electron chi connectivity index (χ3n) is 4.47. The molecule has 0 bridgehead atoms. The molecule has 2 aromatic carbocycles. The molecule has 0 aliphatic heterocycles. The first-order chi connectivity index (χ1) is 15.3. The van der Waals surface area contributed by atoms with Crippen molar-refractivity contribution >= 4 is 17.1 Å². The number of amides is 1. The summed E-state index contributed by atoms with van der Waals surface area (Å²) in [6.07, 6.45) is -4.24. The van der Waals surface area contributed by atoms with Crippen LogP contribution in [-0.4, -0.2) is 27.6 Å². The first-order valence-corrected chi connectivity index (χ1v) is 9.68. The van der Waals surface area contributed by atoms with Gasteiger partial charge in [0.25, 0.3) is 0 Å². The molecule has 7 nitrogen and oxygen atoms in total. The highest BCUT2D eigenvalue weighted by Gasteiger charge is 2.31. The van der Waals surface area contributed by atoms with Crippen LogP contribution in [0.5, 0.6) is 5.75 Å². The van der Waals surface area contributed by atoms with Crippen molar-refractivity contribution in [2.24, 2.45) is 7.05 Å². The van der Waals surface area contributed by atoms with E-state index in [1.165, 1.54) is 12.4 Å². The van der Waals surface area contributed by atoms with Crippen LogP contribution < -0.4 is 10.1 Å². The summed E-state index contributed by atoms with van der Waals surface area (Å²) < 4.78 is 62.7. The molecule has 33 heavy (non-hydrogen) atoms. The van der Waals surface area contributed by atoms with Crippen LogP contribution in [0.2, 0.25) is 0 Å². The smallest absolute Gasteiger partial charge is 0.444 e. The Kier molecular flexibility index (Phi) is 6.22. The van der Waals surface area contributed by atoms with Crippen LogP contribution in [0, 0.1) is 17.1 Å². The highest BCUT2D eigenvalue weighted by atomic mass is 19.4. The number of benzene rings is 2. The first-order valence-electron chi connectivity index (χ1n) is 9.68. The average Bonchev–Trinajstić information content (AvgIpc) is 3.05. The van der Waals surface area contributed by atoms with Crippen LogP contribution in [0.25, 0.3) is 22.2 Å². The minimum absolute atomic E-state index is 0.0452. The van der Waals surface area contributed by atoms with E-state index < -0.39 is 29.6 Å². The van der Waals surface area contributed by atoms with Crippen LogP contribution in [0.1, 0.15) is 31.9 Å². The third-order valence-corrected chi connectivity index (χ3v) is 4.47. The minimum atomic E-state index is -4.96. The van der Waals surface area contributed by atoms with Crippen molar-refractivity contribution in [3.63, 3.8) is 0 Å². The molecule has 0 saturated heterocycles. The molecule has 0 unspecified atom stereocenters. The number of alkyl halides is 3. The Morgan fingerprint density at radius 1 is 1.21 bits per heavy atom. The second-order valence-electron chi connectivity index (χ2n) is 8.17. The van der Waals surface area contributed by atoms with Crippen LogP contribution in [0.3, 0.4) is 0 Å². The van der Waals surface area contributed by atoms with Crippen molar-refractivity contribution in [3.8, 4) is 22.9 Å². The minimum Gasteiger partial charge on any atom is -0.444 e. The summed E-state index contributed by atoms with van der Waals surface area (Å²) >= 11 is 0. The summed E-state index contributed by atoms with van der Waals surface area (Å²) in [7, 11) is 1.64. The largest absolute Gasteiger partial charge is 0.573 e. The molecule has 1 heterocycles. The average molecular weight is 464 g/mol. The highest BCUT2D eigenvalue weighted by Crippen LogP contribution is 2.35. The van der Waals surface area contributed by atoms with Gasteiger partial charge < -0.3 is 19.4 Å². The number of carbonyl (C=O) groups is 1. The number of imidazole rings is 1. The van der Waals surface area contributed by atoms with Gasteiger partial charge in [-0.2, -0.15) is 5.26 Å². The molecular weight excluding hydrogens is 444 g/mol. The summed E-state index contributed by atoms with van der Waals surface area (Å²) in [5.74, 6) is -1.68. The van der Waals surface area contributed by atoms with Crippen molar-refractivity contribution in [1.29, 1.82) is 5.26 Å². The van der Waals surface area contributed by atoms with Crippen molar-refractivity contribution < 1.29 is 31.8 Å². The number of halogens is 4. The molecule has 0 fully saturated rings. The molecule has 11 heteroatoms. The van der Waals surface area contributed by atoms with Gasteiger partial charge in [0, 0.05) is 30.8 Å². The Balaban J connectivity index is 2.08. The van der Waals surface area contributed by atoms with Crippen molar-refractivity contribution in [3.05, 3.63) is 47.5 Å². The van der Waals surface area contributed by atoms with E-state index in [4.69, 9.17) is 4.74 Å². The number of rotatable bonds is 4. The molecule has 1 aromatic heterocycles. The number of aromatic nitrogens is 2. The maximum atomic E-state index is 14.8. The fraction of sp³-hybridized carbons (Fsp3) is 0.318. The number of ether oxygens (including phenoxy) is 2. The molecule has 0 aliphatic carbocycles. The van der Waals surface area contributed by atoms with Crippen molar-refractivity contribution in [2.75, 3.05) is 0 Å². The Bertz CT molecular complexity index is 1250. The molecule has 0 radical (unpaired) electrons. The number of hydrogen-bond donors (Lipinski definition) is 1. The summed E-state index contributed by atoms with van der Waals surface area (Å²) in [4.78, 5) is 16.3. The van der Waals surface area contributed by atoms with Gasteiger partial charge in [0.1, 0.15) is 23.2 Å². The van der Waals surface area contributed by atoms with E-state index in [1.807, 2.05) is 0 Å². The maximum Gasteiger partial charge on any atom is 0.573 e. The predicted molar refractivity (Wildman–Crippen MR) is 111 cm³/mol. The number of aryl methyl sites for hydroxylation is 1. The van der Waals surface area contributed by atoms with Crippen molar-refractivity contribution in [2.45, 2.75) is 39.3 Å². The molecule has 3 aromatic rings. The number of nitriles is 1. The van der Waals surface area contributed by atoms with Crippen LogP contribution in [0.15, 0.2) is 30.6 Å². The monoisotopic (exact) mass is 464 g/mol. The second-order valence-corrected chi connectivity index (χ2v) is 8.17. The topological polar surface area (TPSA) is 89.2 Å². The Morgan fingerprint density at radius 3 is 2.48 bits per heavy atom. The van der Waals surface area contributed by atoms with E-state index >= 15 is 0 Å². The number of nitrogens with zero attached hydrogens (tertiary/aromatic N) is 3. The van der Waals surface area contributed by atoms with Gasteiger partial charge in [0.2, 0.25) is 0 Å². The zero-order valence-electron chi connectivity index (χ0n) is 18.2. The summed E-state index contributed by atoms with van der Waals surface area (Å²) in [5.41, 5.74) is 0.678. The van der Waals surface area contributed by atoms with Crippen molar-refractivity contribution in [1.82, 2.24) is 14.9 Å². The molecule has 174 valence electrons. The van der Waals surface area contributed by atoms with Gasteiger partial charge in [-0.05, 0) is 44.5 Å². The van der Waals surface area contributed by atoms with Crippen LogP contribution >= 0.6 is 0 Å². The van der Waals surface area contributed by atoms with Gasteiger partial charge in [-0.1, -0.05) is 0 Å². The molecule has 1 N–H and O–H groups in total. The van der Waals surface area contributed by atoms with Gasteiger partial charge in [0.15, 0.2) is 0 Å². The summed E-state index contributed by atoms with van der Waals surface area (Å²) in [6.45, 7) is 4.98. The second kappa shape index (κ2) is 8.61. The standard InChI is InChI=1S/C22H20F4N4O3/c1-21(2,3)33-20(31)28-10-12-7-15(18-19(16(12)9-27)30(4)11-29-18)14-6-5-13(8-17(14)23)32-22(24,25)26/h5-8,11H,10H2,1-4H3,(H,28,31). The van der Waals surface area contributed by atoms with E-state index in [9.17, 15) is 27.6 Å². The maximum absolute atomic E-state index is 14.8. The molecule has 0 saturated carbocycles. The SMILES string of the molecule is Cn1cnc2c(-c3ccc(OC(F)(F)F)cc3F)cc(CNC(=O)OC(C)(C)C)c(C#N)c21. The van der Waals surface area contributed by atoms with Gasteiger partial charge >= 0.3 is 12.5 Å². The van der Waals surface area contributed by atoms with Crippen LogP contribution in [0.4, 0.5) is 22.4 Å². The highest BCUT2D eigenvalue weighted by molar-refractivity contribution is 5.96. The zero-order valence-corrected chi connectivity index (χ0v) is 18.2. The number of nitrogens with one attached hydrogen (secondary N) is 1. The van der Waals surface area contributed by atoms with Gasteiger partial charge in [-0.3, -0.25) is 0 Å². The Labute approximate surface area is 186 Å². The van der Waals surface area contributed by atoms with Gasteiger partial charge in [-0.15, -0.1) is 13.2 Å². The predicted octanol–water partition coefficient (Wildman–Crippen LogP) is 5.17. The van der Waals surface area contributed by atoms with E-state index in [1.54, 1.807) is 32.4 Å². The third kappa shape index (κ3) is 5.52. The molecule has 1 amide bonds. The molecular formula is C22H20F4N4O3. The lowest BCUT2D eigenvalue weighted by Gasteiger charge is -2.20.